The number of ether oxygens (including phenoxy) is 2. The van der Waals surface area contributed by atoms with E-state index in [2.05, 4.69) is 63.9 Å². The minimum atomic E-state index is -0.160. The molecule has 0 atom stereocenters. The highest BCUT2D eigenvalue weighted by Crippen LogP contribution is 2.37. The van der Waals surface area contributed by atoms with Crippen LogP contribution in [0, 0.1) is 6.92 Å². The summed E-state index contributed by atoms with van der Waals surface area (Å²) >= 11 is 0. The van der Waals surface area contributed by atoms with Gasteiger partial charge in [-0.3, -0.25) is 4.79 Å². The lowest BCUT2D eigenvalue weighted by molar-refractivity contribution is 0.0951. The Balaban J connectivity index is 1.20. The maximum absolute atomic E-state index is 13.1. The van der Waals surface area contributed by atoms with Crippen LogP contribution in [0.4, 0.5) is 0 Å². The molecule has 6 rings (SSSR count). The Morgan fingerprint density at radius 3 is 2.38 bits per heavy atom. The van der Waals surface area contributed by atoms with E-state index in [4.69, 9.17) is 9.47 Å². The lowest BCUT2D eigenvalue weighted by atomic mass is 9.88. The van der Waals surface area contributed by atoms with E-state index in [0.717, 1.165) is 29.0 Å². The van der Waals surface area contributed by atoms with Gasteiger partial charge in [0.2, 0.25) is 6.79 Å². The number of aryl methyl sites for hydroxylation is 1. The molecule has 1 aliphatic heterocycles. The van der Waals surface area contributed by atoms with Crippen molar-refractivity contribution in [1.29, 1.82) is 0 Å². The van der Waals surface area contributed by atoms with Gasteiger partial charge >= 0.3 is 0 Å². The highest BCUT2D eigenvalue weighted by atomic mass is 16.7. The number of benzene rings is 3. The van der Waals surface area contributed by atoms with Gasteiger partial charge in [-0.25, -0.2) is 9.50 Å². The molecule has 184 valence electrons. The van der Waals surface area contributed by atoms with Gasteiger partial charge in [0.15, 0.2) is 17.1 Å². The van der Waals surface area contributed by atoms with Crippen molar-refractivity contribution in [2.45, 2.75) is 19.3 Å². The van der Waals surface area contributed by atoms with Crippen LogP contribution in [-0.2, 0) is 0 Å². The van der Waals surface area contributed by atoms with Crippen LogP contribution in [0.2, 0.25) is 0 Å². The molecule has 0 aliphatic carbocycles. The van der Waals surface area contributed by atoms with Crippen molar-refractivity contribution in [3.63, 3.8) is 0 Å². The van der Waals surface area contributed by atoms with Crippen molar-refractivity contribution in [3.8, 4) is 22.6 Å². The molecule has 7 heteroatoms. The monoisotopic (exact) mass is 490 g/mol. The maximum atomic E-state index is 13.1. The predicted molar refractivity (Wildman–Crippen MR) is 141 cm³/mol. The topological polar surface area (TPSA) is 77.8 Å². The summed E-state index contributed by atoms with van der Waals surface area (Å²) in [5, 5.41) is 7.61. The molecule has 37 heavy (non-hydrogen) atoms. The van der Waals surface area contributed by atoms with Crippen molar-refractivity contribution < 1.29 is 14.3 Å². The minimum Gasteiger partial charge on any atom is -0.454 e. The summed E-state index contributed by atoms with van der Waals surface area (Å²) in [6.07, 6.45) is 4.17. The first-order valence-corrected chi connectivity index (χ1v) is 12.3. The number of hydrogen-bond donors (Lipinski definition) is 1. The maximum Gasteiger partial charge on any atom is 0.254 e. The molecule has 1 amide bonds. The zero-order valence-corrected chi connectivity index (χ0v) is 20.4. The van der Waals surface area contributed by atoms with E-state index in [9.17, 15) is 4.79 Å². The zero-order chi connectivity index (χ0) is 25.2. The number of rotatable bonds is 7. The molecule has 0 fully saturated rings. The fourth-order valence-corrected chi connectivity index (χ4v) is 4.86. The first-order chi connectivity index (χ1) is 18.2. The molecular formula is C30H26N4O3. The molecule has 0 radical (unpaired) electrons. The van der Waals surface area contributed by atoms with E-state index in [1.165, 1.54) is 11.1 Å². The molecule has 0 spiro atoms. The average molecular weight is 491 g/mol. The fourth-order valence-electron chi connectivity index (χ4n) is 4.86. The number of nitrogens with one attached hydrogen (secondary N) is 1. The second kappa shape index (κ2) is 9.78. The summed E-state index contributed by atoms with van der Waals surface area (Å²) in [5.41, 5.74) is 6.17. The number of carbonyl (C=O) groups is 1. The Bertz CT molecular complexity index is 1530. The van der Waals surface area contributed by atoms with Crippen molar-refractivity contribution in [3.05, 3.63) is 114 Å². The van der Waals surface area contributed by atoms with Crippen LogP contribution < -0.4 is 14.8 Å². The highest BCUT2D eigenvalue weighted by Gasteiger charge is 2.20. The smallest absolute Gasteiger partial charge is 0.254 e. The number of aromatic nitrogens is 3. The summed E-state index contributed by atoms with van der Waals surface area (Å²) in [4.78, 5) is 17.7. The standard InChI is InChI=1S/C30H26N4O3/c1-20-25(17-32-29-26(18-33-34(20)29)23-12-13-27-28(16-23)37-19-36-27)30(35)31-15-14-24(21-8-4-2-5-9-21)22-10-6-3-7-11-22/h2-13,16-18,24H,14-15,19H2,1H3,(H,31,35). The van der Waals surface area contributed by atoms with Crippen LogP contribution in [0.25, 0.3) is 16.8 Å². The van der Waals surface area contributed by atoms with Crippen LogP contribution in [0.3, 0.4) is 0 Å². The molecular weight excluding hydrogens is 464 g/mol. The highest BCUT2D eigenvalue weighted by molar-refractivity contribution is 5.95. The van der Waals surface area contributed by atoms with Gasteiger partial charge in [0.25, 0.3) is 5.91 Å². The molecule has 1 N–H and O–H groups in total. The summed E-state index contributed by atoms with van der Waals surface area (Å²) in [5.74, 6) is 1.46. The van der Waals surface area contributed by atoms with Crippen LogP contribution in [0.1, 0.15) is 39.5 Å². The summed E-state index contributed by atoms with van der Waals surface area (Å²) in [7, 11) is 0. The molecule has 2 aromatic heterocycles. The van der Waals surface area contributed by atoms with Crippen molar-refractivity contribution in [2.24, 2.45) is 0 Å². The molecule has 5 aromatic rings. The first-order valence-electron chi connectivity index (χ1n) is 12.3. The third-order valence-electron chi connectivity index (χ3n) is 6.82. The van der Waals surface area contributed by atoms with E-state index < -0.39 is 0 Å². The van der Waals surface area contributed by atoms with Gasteiger partial charge in [0, 0.05) is 24.2 Å². The summed E-state index contributed by atoms with van der Waals surface area (Å²) in [6.45, 7) is 2.64. The van der Waals surface area contributed by atoms with E-state index in [0.29, 0.717) is 23.5 Å². The Morgan fingerprint density at radius 1 is 0.946 bits per heavy atom. The molecule has 0 bridgehead atoms. The first kappa shape index (κ1) is 22.8. The summed E-state index contributed by atoms with van der Waals surface area (Å²) in [6, 6.07) is 26.6. The van der Waals surface area contributed by atoms with Crippen LogP contribution in [0.15, 0.2) is 91.3 Å². The minimum absolute atomic E-state index is 0.160. The molecule has 1 aliphatic rings. The Morgan fingerprint density at radius 2 is 1.65 bits per heavy atom. The number of fused-ring (bicyclic) bond motifs is 2. The average Bonchev–Trinajstić information content (AvgIpc) is 3.59. The molecule has 3 heterocycles. The quantitative estimate of drug-likeness (QED) is 0.331. The van der Waals surface area contributed by atoms with Crippen LogP contribution in [0.5, 0.6) is 11.5 Å². The third-order valence-corrected chi connectivity index (χ3v) is 6.82. The van der Waals surface area contributed by atoms with Gasteiger partial charge < -0.3 is 14.8 Å². The van der Waals surface area contributed by atoms with Crippen molar-refractivity contribution in [2.75, 3.05) is 13.3 Å². The number of carbonyl (C=O) groups excluding carboxylic acids is 1. The second-order valence-electron chi connectivity index (χ2n) is 9.04. The third kappa shape index (κ3) is 4.40. The largest absolute Gasteiger partial charge is 0.454 e. The van der Waals surface area contributed by atoms with Gasteiger partial charge in [0.05, 0.1) is 17.5 Å². The summed E-state index contributed by atoms with van der Waals surface area (Å²) < 4.78 is 12.6. The van der Waals surface area contributed by atoms with Gasteiger partial charge in [-0.05, 0) is 42.2 Å². The molecule has 3 aromatic carbocycles. The van der Waals surface area contributed by atoms with E-state index >= 15 is 0 Å². The molecule has 0 saturated heterocycles. The fraction of sp³-hybridized carbons (Fsp3) is 0.167. The van der Waals surface area contributed by atoms with E-state index in [1.54, 1.807) is 16.9 Å². The van der Waals surface area contributed by atoms with Crippen molar-refractivity contribution in [1.82, 2.24) is 19.9 Å². The lowest BCUT2D eigenvalue weighted by Crippen LogP contribution is -2.27. The van der Waals surface area contributed by atoms with E-state index in [-0.39, 0.29) is 18.6 Å². The normalized spacial score (nSPS) is 12.3. The Hall–Kier alpha value is -4.65. The molecule has 7 nitrogen and oxygen atoms in total. The number of hydrogen-bond acceptors (Lipinski definition) is 5. The van der Waals surface area contributed by atoms with Crippen LogP contribution >= 0.6 is 0 Å². The predicted octanol–water partition coefficient (Wildman–Crippen LogP) is 5.39. The van der Waals surface area contributed by atoms with Gasteiger partial charge in [-0.2, -0.15) is 5.10 Å². The Labute approximate surface area is 214 Å². The van der Waals surface area contributed by atoms with Crippen molar-refractivity contribution >= 4 is 11.6 Å². The number of amides is 1. The van der Waals surface area contributed by atoms with E-state index in [1.807, 2.05) is 37.3 Å². The molecule has 0 saturated carbocycles. The van der Waals surface area contributed by atoms with Crippen LogP contribution in [-0.4, -0.2) is 33.8 Å². The number of nitrogens with zero attached hydrogens (tertiary/aromatic N) is 3. The molecule has 0 unspecified atom stereocenters. The second-order valence-corrected chi connectivity index (χ2v) is 9.04. The van der Waals surface area contributed by atoms with Gasteiger partial charge in [0.1, 0.15) is 0 Å². The van der Waals surface area contributed by atoms with Gasteiger partial charge in [-0.1, -0.05) is 66.7 Å². The zero-order valence-electron chi connectivity index (χ0n) is 20.4. The Kier molecular flexibility index (Phi) is 6.02. The SMILES string of the molecule is Cc1c(C(=O)NCCC(c2ccccc2)c2ccccc2)cnc2c(-c3ccc4c(c3)OCO4)cnn12. The van der Waals surface area contributed by atoms with Gasteiger partial charge in [-0.15, -0.1) is 0 Å². The lowest BCUT2D eigenvalue weighted by Gasteiger charge is -2.18.